The van der Waals surface area contributed by atoms with Gasteiger partial charge in [-0.05, 0) is 30.4 Å². The molecule has 1 amide bonds. The van der Waals surface area contributed by atoms with Gasteiger partial charge in [-0.1, -0.05) is 13.8 Å². The second-order valence-electron chi connectivity index (χ2n) is 4.12. The summed E-state index contributed by atoms with van der Waals surface area (Å²) in [6, 6.07) is 2.03. The predicted octanol–water partition coefficient (Wildman–Crippen LogP) is 3.12. The van der Waals surface area contributed by atoms with Gasteiger partial charge in [0.15, 0.2) is 0 Å². The Labute approximate surface area is 93.7 Å². The molecule has 1 aromatic carbocycles. The first kappa shape index (κ1) is 12.6. The highest BCUT2D eigenvalue weighted by Gasteiger charge is 2.11. The summed E-state index contributed by atoms with van der Waals surface area (Å²) in [5, 5.41) is 2.27. The fourth-order valence-electron chi connectivity index (χ4n) is 1.49. The van der Waals surface area contributed by atoms with E-state index in [0.29, 0.717) is 24.3 Å². The molecule has 0 aromatic heterocycles. The van der Waals surface area contributed by atoms with Crippen LogP contribution < -0.4 is 5.32 Å². The molecule has 1 aromatic rings. The van der Waals surface area contributed by atoms with E-state index in [2.05, 4.69) is 5.32 Å². The molecule has 88 valence electrons. The minimum Gasteiger partial charge on any atom is -0.326 e. The van der Waals surface area contributed by atoms with Crippen LogP contribution in [0.3, 0.4) is 0 Å². The number of hydrogen-bond donors (Lipinski definition) is 1. The van der Waals surface area contributed by atoms with Crippen LogP contribution in [-0.4, -0.2) is 6.41 Å². The van der Waals surface area contributed by atoms with Gasteiger partial charge in [-0.2, -0.15) is 0 Å². The van der Waals surface area contributed by atoms with E-state index in [4.69, 9.17) is 0 Å². The lowest BCUT2D eigenvalue weighted by molar-refractivity contribution is -0.105. The molecule has 4 heteroatoms. The SMILES string of the molecule is CC(C)CCc1cc(F)cc(F)c1NC=O. The molecule has 0 fully saturated rings. The summed E-state index contributed by atoms with van der Waals surface area (Å²) in [5.41, 5.74) is 0.579. The van der Waals surface area contributed by atoms with E-state index >= 15 is 0 Å². The van der Waals surface area contributed by atoms with Crippen LogP contribution in [0.4, 0.5) is 14.5 Å². The highest BCUT2D eigenvalue weighted by Crippen LogP contribution is 2.23. The Morgan fingerprint density at radius 1 is 1.38 bits per heavy atom. The molecule has 16 heavy (non-hydrogen) atoms. The largest absolute Gasteiger partial charge is 0.326 e. The quantitative estimate of drug-likeness (QED) is 0.769. The third kappa shape index (κ3) is 3.29. The van der Waals surface area contributed by atoms with Crippen LogP contribution in [0, 0.1) is 17.6 Å². The van der Waals surface area contributed by atoms with Crippen LogP contribution in [-0.2, 0) is 11.2 Å². The Morgan fingerprint density at radius 3 is 2.62 bits per heavy atom. The van der Waals surface area contributed by atoms with Crippen LogP contribution in [0.5, 0.6) is 0 Å². The van der Waals surface area contributed by atoms with Crippen molar-refractivity contribution in [3.05, 3.63) is 29.3 Å². The highest BCUT2D eigenvalue weighted by molar-refractivity contribution is 5.73. The summed E-state index contributed by atoms with van der Waals surface area (Å²) in [4.78, 5) is 10.3. The number of halogens is 2. The van der Waals surface area contributed by atoms with Crippen molar-refractivity contribution in [2.24, 2.45) is 5.92 Å². The van der Waals surface area contributed by atoms with Crippen LogP contribution in [0.25, 0.3) is 0 Å². The lowest BCUT2D eigenvalue weighted by Crippen LogP contribution is -2.04. The minimum absolute atomic E-state index is 0.0806. The van der Waals surface area contributed by atoms with Gasteiger partial charge in [0.2, 0.25) is 6.41 Å². The van der Waals surface area contributed by atoms with E-state index < -0.39 is 11.6 Å². The van der Waals surface area contributed by atoms with Crippen LogP contribution in [0.15, 0.2) is 12.1 Å². The third-order valence-corrected chi connectivity index (χ3v) is 2.33. The number of rotatable bonds is 5. The smallest absolute Gasteiger partial charge is 0.211 e. The Morgan fingerprint density at radius 2 is 2.06 bits per heavy atom. The first-order valence-corrected chi connectivity index (χ1v) is 5.22. The standard InChI is InChI=1S/C12H15F2NO/c1-8(2)3-4-9-5-10(13)6-11(14)12(9)15-7-16/h5-8H,3-4H2,1-2H3,(H,15,16). The maximum Gasteiger partial charge on any atom is 0.211 e. The van der Waals surface area contributed by atoms with E-state index in [-0.39, 0.29) is 5.69 Å². The molecule has 0 spiro atoms. The minimum atomic E-state index is -0.731. The lowest BCUT2D eigenvalue weighted by atomic mass is 10.0. The van der Waals surface area contributed by atoms with Gasteiger partial charge < -0.3 is 5.32 Å². The normalized spacial score (nSPS) is 10.6. The maximum absolute atomic E-state index is 13.4. The van der Waals surface area contributed by atoms with Crippen molar-refractivity contribution in [2.75, 3.05) is 5.32 Å². The molecule has 1 rings (SSSR count). The first-order chi connectivity index (χ1) is 7.54. The Kier molecular flexibility index (Phi) is 4.40. The van der Waals surface area contributed by atoms with E-state index in [1.54, 1.807) is 0 Å². The Bertz CT molecular complexity index is 378. The number of amides is 1. The summed E-state index contributed by atoms with van der Waals surface area (Å²) < 4.78 is 26.4. The second-order valence-corrected chi connectivity index (χ2v) is 4.12. The van der Waals surface area contributed by atoms with Gasteiger partial charge >= 0.3 is 0 Å². The topological polar surface area (TPSA) is 29.1 Å². The maximum atomic E-state index is 13.4. The molecule has 0 saturated heterocycles. The molecule has 0 bridgehead atoms. The van der Waals surface area contributed by atoms with Crippen molar-refractivity contribution < 1.29 is 13.6 Å². The molecule has 0 aliphatic carbocycles. The number of hydrogen-bond acceptors (Lipinski definition) is 1. The molecule has 0 radical (unpaired) electrons. The molecule has 0 saturated carbocycles. The average molecular weight is 227 g/mol. The predicted molar refractivity (Wildman–Crippen MR) is 59.2 cm³/mol. The Hall–Kier alpha value is -1.45. The molecular formula is C12H15F2NO. The molecular weight excluding hydrogens is 212 g/mol. The summed E-state index contributed by atoms with van der Waals surface area (Å²) in [5.74, 6) is -0.908. The first-order valence-electron chi connectivity index (χ1n) is 5.22. The molecule has 2 nitrogen and oxygen atoms in total. The molecule has 0 atom stereocenters. The highest BCUT2D eigenvalue weighted by atomic mass is 19.1. The second kappa shape index (κ2) is 5.58. The number of carbonyl (C=O) groups is 1. The molecule has 1 N–H and O–H groups in total. The van der Waals surface area contributed by atoms with E-state index in [1.807, 2.05) is 13.8 Å². The fourth-order valence-corrected chi connectivity index (χ4v) is 1.49. The molecule has 0 unspecified atom stereocenters. The van der Waals surface area contributed by atoms with Crippen molar-refractivity contribution in [1.29, 1.82) is 0 Å². The average Bonchev–Trinajstić information content (AvgIpc) is 2.19. The van der Waals surface area contributed by atoms with Gasteiger partial charge in [-0.25, -0.2) is 8.78 Å². The number of anilines is 1. The number of aryl methyl sites for hydroxylation is 1. The summed E-state index contributed by atoms with van der Waals surface area (Å²) in [6.45, 7) is 4.06. The van der Waals surface area contributed by atoms with Crippen LogP contribution in [0.2, 0.25) is 0 Å². The molecule has 0 aliphatic heterocycles. The van der Waals surface area contributed by atoms with Gasteiger partial charge in [-0.3, -0.25) is 4.79 Å². The molecule has 0 aliphatic rings. The van der Waals surface area contributed by atoms with Gasteiger partial charge in [-0.15, -0.1) is 0 Å². The van der Waals surface area contributed by atoms with Crippen molar-refractivity contribution >= 4 is 12.1 Å². The monoisotopic (exact) mass is 227 g/mol. The van der Waals surface area contributed by atoms with Crippen molar-refractivity contribution in [3.8, 4) is 0 Å². The summed E-state index contributed by atoms with van der Waals surface area (Å²) >= 11 is 0. The molecule has 0 heterocycles. The zero-order valence-electron chi connectivity index (χ0n) is 9.39. The van der Waals surface area contributed by atoms with Gasteiger partial charge in [0, 0.05) is 6.07 Å². The van der Waals surface area contributed by atoms with Gasteiger partial charge in [0.05, 0.1) is 5.69 Å². The third-order valence-electron chi connectivity index (χ3n) is 2.33. The summed E-state index contributed by atoms with van der Waals surface area (Å²) in [6.07, 6.45) is 1.76. The number of benzene rings is 1. The van der Waals surface area contributed by atoms with Crippen LogP contribution >= 0.6 is 0 Å². The summed E-state index contributed by atoms with van der Waals surface area (Å²) in [7, 11) is 0. The number of carbonyl (C=O) groups excluding carboxylic acids is 1. The van der Waals surface area contributed by atoms with Gasteiger partial charge in [0.1, 0.15) is 11.6 Å². The van der Waals surface area contributed by atoms with E-state index in [0.717, 1.165) is 12.5 Å². The van der Waals surface area contributed by atoms with Crippen molar-refractivity contribution in [3.63, 3.8) is 0 Å². The van der Waals surface area contributed by atoms with E-state index in [1.165, 1.54) is 6.07 Å². The lowest BCUT2D eigenvalue weighted by Gasteiger charge is -2.11. The van der Waals surface area contributed by atoms with E-state index in [9.17, 15) is 13.6 Å². The van der Waals surface area contributed by atoms with Gasteiger partial charge in [0.25, 0.3) is 0 Å². The van der Waals surface area contributed by atoms with Crippen molar-refractivity contribution in [1.82, 2.24) is 0 Å². The zero-order chi connectivity index (χ0) is 12.1. The fraction of sp³-hybridized carbons (Fsp3) is 0.417. The van der Waals surface area contributed by atoms with Crippen LogP contribution in [0.1, 0.15) is 25.8 Å². The zero-order valence-corrected chi connectivity index (χ0v) is 9.39. The van der Waals surface area contributed by atoms with Crippen molar-refractivity contribution in [2.45, 2.75) is 26.7 Å². The Balaban J connectivity index is 2.98. The number of nitrogens with one attached hydrogen (secondary N) is 1.